The van der Waals surface area contributed by atoms with Gasteiger partial charge in [-0.15, -0.1) is 0 Å². The van der Waals surface area contributed by atoms with Crippen LogP contribution in [0.2, 0.25) is 0 Å². The zero-order valence-electron chi connectivity index (χ0n) is 13.5. The number of rotatable bonds is 2. The van der Waals surface area contributed by atoms with Gasteiger partial charge in [0.2, 0.25) is 0 Å². The second-order valence-electron chi connectivity index (χ2n) is 5.55. The van der Waals surface area contributed by atoms with Gasteiger partial charge in [-0.25, -0.2) is 4.79 Å². The van der Waals surface area contributed by atoms with Crippen LogP contribution < -0.4 is 0 Å². The summed E-state index contributed by atoms with van der Waals surface area (Å²) < 4.78 is 4.66. The predicted octanol–water partition coefficient (Wildman–Crippen LogP) is 2.67. The SMILES string of the molecule is CCC.COC(=O)c1ccc(C2CCN(C)CC2O)cc1. The van der Waals surface area contributed by atoms with E-state index in [2.05, 4.69) is 23.5 Å². The molecule has 0 saturated carbocycles. The lowest BCUT2D eigenvalue weighted by Crippen LogP contribution is -2.40. The zero-order chi connectivity index (χ0) is 15.8. The van der Waals surface area contributed by atoms with E-state index in [-0.39, 0.29) is 18.0 Å². The number of carbonyl (C=O) groups is 1. The van der Waals surface area contributed by atoms with Crippen LogP contribution in [0, 0.1) is 0 Å². The molecule has 0 spiro atoms. The molecule has 0 aliphatic carbocycles. The van der Waals surface area contributed by atoms with Crippen LogP contribution in [0.3, 0.4) is 0 Å². The molecule has 2 rings (SSSR count). The van der Waals surface area contributed by atoms with E-state index in [0.29, 0.717) is 12.1 Å². The molecule has 2 atom stereocenters. The van der Waals surface area contributed by atoms with Gasteiger partial charge in [-0.2, -0.15) is 0 Å². The number of piperidine rings is 1. The maximum atomic E-state index is 11.3. The fraction of sp³-hybridized carbons (Fsp3) is 0.588. The summed E-state index contributed by atoms with van der Waals surface area (Å²) in [4.78, 5) is 13.5. The Morgan fingerprint density at radius 2 is 1.90 bits per heavy atom. The minimum Gasteiger partial charge on any atom is -0.465 e. The Morgan fingerprint density at radius 3 is 2.38 bits per heavy atom. The first-order chi connectivity index (χ1) is 10.0. The molecule has 1 fully saturated rings. The maximum Gasteiger partial charge on any atom is 0.337 e. The molecule has 21 heavy (non-hydrogen) atoms. The number of aliphatic hydroxyl groups is 1. The fourth-order valence-electron chi connectivity index (χ4n) is 2.46. The van der Waals surface area contributed by atoms with Crippen LogP contribution in [0.15, 0.2) is 24.3 Å². The molecule has 1 aliphatic rings. The third-order valence-corrected chi connectivity index (χ3v) is 3.54. The summed E-state index contributed by atoms with van der Waals surface area (Å²) in [5, 5.41) is 10.1. The van der Waals surface area contributed by atoms with Gasteiger partial charge in [-0.05, 0) is 37.7 Å². The van der Waals surface area contributed by atoms with Gasteiger partial charge in [0.1, 0.15) is 0 Å². The first-order valence-corrected chi connectivity index (χ1v) is 7.58. The van der Waals surface area contributed by atoms with Crippen molar-refractivity contribution in [3.63, 3.8) is 0 Å². The molecule has 1 heterocycles. The number of carbonyl (C=O) groups excluding carboxylic acids is 1. The van der Waals surface area contributed by atoms with Gasteiger partial charge < -0.3 is 14.7 Å². The van der Waals surface area contributed by atoms with Gasteiger partial charge in [-0.1, -0.05) is 32.4 Å². The summed E-state index contributed by atoms with van der Waals surface area (Å²) in [6.45, 7) is 5.93. The smallest absolute Gasteiger partial charge is 0.337 e. The van der Waals surface area contributed by atoms with Crippen LogP contribution in [-0.2, 0) is 4.74 Å². The Morgan fingerprint density at radius 1 is 1.33 bits per heavy atom. The van der Waals surface area contributed by atoms with E-state index in [1.807, 2.05) is 19.2 Å². The molecule has 0 aromatic heterocycles. The third kappa shape index (κ3) is 5.14. The van der Waals surface area contributed by atoms with Gasteiger partial charge in [0, 0.05) is 12.5 Å². The van der Waals surface area contributed by atoms with E-state index in [4.69, 9.17) is 0 Å². The Hall–Kier alpha value is -1.39. The summed E-state index contributed by atoms with van der Waals surface area (Å²) in [5.41, 5.74) is 1.63. The van der Waals surface area contributed by atoms with E-state index in [9.17, 15) is 9.90 Å². The highest BCUT2D eigenvalue weighted by Gasteiger charge is 2.27. The minimum atomic E-state index is -0.340. The van der Waals surface area contributed by atoms with Gasteiger partial charge in [0.15, 0.2) is 0 Å². The number of ether oxygens (including phenoxy) is 1. The first kappa shape index (κ1) is 17.7. The molecular weight excluding hydrogens is 266 g/mol. The normalized spacial score (nSPS) is 22.1. The Balaban J connectivity index is 0.000000677. The molecule has 0 radical (unpaired) electrons. The summed E-state index contributed by atoms with van der Waals surface area (Å²) in [5.74, 6) is -0.168. The number of hydrogen-bond acceptors (Lipinski definition) is 4. The van der Waals surface area contributed by atoms with Gasteiger partial charge in [0.25, 0.3) is 0 Å². The van der Waals surface area contributed by atoms with Crippen molar-refractivity contribution in [1.82, 2.24) is 4.90 Å². The average molecular weight is 293 g/mol. The van der Waals surface area contributed by atoms with Crippen molar-refractivity contribution in [2.45, 2.75) is 38.7 Å². The second kappa shape index (κ2) is 8.80. The highest BCUT2D eigenvalue weighted by molar-refractivity contribution is 5.89. The number of β-amino-alcohol motifs (C(OH)–C–C–N with tert-alkyl or cyclic N) is 1. The largest absolute Gasteiger partial charge is 0.465 e. The van der Waals surface area contributed by atoms with E-state index < -0.39 is 0 Å². The van der Waals surface area contributed by atoms with Gasteiger partial charge in [-0.3, -0.25) is 0 Å². The lowest BCUT2D eigenvalue weighted by atomic mass is 9.87. The summed E-state index contributed by atoms with van der Waals surface area (Å²) in [6, 6.07) is 7.33. The van der Waals surface area contributed by atoms with Crippen LogP contribution in [0.5, 0.6) is 0 Å². The Labute approximate surface area is 127 Å². The van der Waals surface area contributed by atoms with Crippen LogP contribution in [0.25, 0.3) is 0 Å². The number of benzene rings is 1. The van der Waals surface area contributed by atoms with E-state index in [0.717, 1.165) is 18.5 Å². The molecule has 0 bridgehead atoms. The van der Waals surface area contributed by atoms with Gasteiger partial charge in [0.05, 0.1) is 18.8 Å². The van der Waals surface area contributed by atoms with Crippen molar-refractivity contribution >= 4 is 5.97 Å². The van der Waals surface area contributed by atoms with Crippen LogP contribution in [0.4, 0.5) is 0 Å². The van der Waals surface area contributed by atoms with E-state index in [1.54, 1.807) is 12.1 Å². The van der Waals surface area contributed by atoms with Crippen LogP contribution in [0.1, 0.15) is 48.5 Å². The van der Waals surface area contributed by atoms with Crippen molar-refractivity contribution in [3.05, 3.63) is 35.4 Å². The predicted molar refractivity (Wildman–Crippen MR) is 84.6 cm³/mol. The lowest BCUT2D eigenvalue weighted by molar-refractivity contribution is 0.0600. The van der Waals surface area contributed by atoms with Crippen LogP contribution >= 0.6 is 0 Å². The lowest BCUT2D eigenvalue weighted by Gasteiger charge is -2.34. The highest BCUT2D eigenvalue weighted by atomic mass is 16.5. The number of esters is 1. The van der Waals surface area contributed by atoms with Crippen molar-refractivity contribution < 1.29 is 14.6 Å². The average Bonchev–Trinajstić information content (AvgIpc) is 2.47. The van der Waals surface area contributed by atoms with E-state index >= 15 is 0 Å². The molecule has 1 aliphatic heterocycles. The monoisotopic (exact) mass is 293 g/mol. The summed E-state index contributed by atoms with van der Waals surface area (Å²) >= 11 is 0. The second-order valence-corrected chi connectivity index (χ2v) is 5.55. The van der Waals surface area contributed by atoms with Crippen LogP contribution in [-0.4, -0.2) is 49.3 Å². The van der Waals surface area contributed by atoms with E-state index in [1.165, 1.54) is 13.5 Å². The molecule has 4 heteroatoms. The number of nitrogens with zero attached hydrogens (tertiary/aromatic N) is 1. The summed E-state index contributed by atoms with van der Waals surface area (Å²) in [6.07, 6.45) is 1.85. The first-order valence-electron chi connectivity index (χ1n) is 7.58. The molecular formula is C17H27NO3. The number of likely N-dealkylation sites (tertiary alicyclic amines) is 1. The molecule has 1 aromatic rings. The molecule has 118 valence electrons. The van der Waals surface area contributed by atoms with Crippen molar-refractivity contribution in [1.29, 1.82) is 0 Å². The number of aliphatic hydroxyl groups excluding tert-OH is 1. The molecule has 1 aromatic carbocycles. The molecule has 0 amide bonds. The minimum absolute atomic E-state index is 0.160. The van der Waals surface area contributed by atoms with Gasteiger partial charge >= 0.3 is 5.97 Å². The topological polar surface area (TPSA) is 49.8 Å². The van der Waals surface area contributed by atoms with Crippen molar-refractivity contribution in [2.24, 2.45) is 0 Å². The maximum absolute atomic E-state index is 11.3. The molecule has 4 nitrogen and oxygen atoms in total. The Kier molecular flexibility index (Phi) is 7.40. The Bertz CT molecular complexity index is 430. The zero-order valence-corrected chi connectivity index (χ0v) is 13.5. The summed E-state index contributed by atoms with van der Waals surface area (Å²) in [7, 11) is 3.39. The highest BCUT2D eigenvalue weighted by Crippen LogP contribution is 2.28. The number of methoxy groups -OCH3 is 1. The third-order valence-electron chi connectivity index (χ3n) is 3.54. The van der Waals surface area contributed by atoms with Crippen molar-refractivity contribution in [2.75, 3.05) is 27.2 Å². The molecule has 2 unspecified atom stereocenters. The standard InChI is InChI=1S/C14H19NO3.C3H8/c1-15-8-7-12(13(16)9-15)10-3-5-11(6-4-10)14(17)18-2;1-3-2/h3-6,12-13,16H,7-9H2,1-2H3;3H2,1-2H3. The fourth-order valence-corrected chi connectivity index (χ4v) is 2.46. The molecule has 1 N–H and O–H groups in total. The quantitative estimate of drug-likeness (QED) is 0.852. The number of hydrogen-bond donors (Lipinski definition) is 1. The number of likely N-dealkylation sites (N-methyl/N-ethyl adjacent to an activating group) is 1. The molecule has 1 saturated heterocycles. The van der Waals surface area contributed by atoms with Crippen molar-refractivity contribution in [3.8, 4) is 0 Å².